The molecule has 2 heterocycles. The Hall–Kier alpha value is -2.49. The minimum atomic E-state index is -3.99. The monoisotopic (exact) mass is 284 g/mol. The van der Waals surface area contributed by atoms with Gasteiger partial charge in [0.05, 0.1) is 5.56 Å². The van der Waals surface area contributed by atoms with Gasteiger partial charge in [0.1, 0.15) is 0 Å². The molecule has 0 amide bonds. The maximum Gasteiger partial charge on any atom is 0.337 e. The van der Waals surface area contributed by atoms with Crippen LogP contribution in [0, 0.1) is 6.92 Å². The fourth-order valence-electron chi connectivity index (χ4n) is 1.17. The Balaban J connectivity index is 2.26. The summed E-state index contributed by atoms with van der Waals surface area (Å²) in [6.45, 7) is 1.50. The van der Waals surface area contributed by atoms with Gasteiger partial charge in [-0.1, -0.05) is 5.10 Å². The van der Waals surface area contributed by atoms with Gasteiger partial charge in [0, 0.05) is 13.1 Å². The molecule has 0 aliphatic rings. The Morgan fingerprint density at radius 1 is 1.37 bits per heavy atom. The number of carboxylic acids is 1. The molecule has 0 unspecified atom stereocenters. The number of rotatable bonds is 4. The molecule has 2 aromatic heterocycles. The highest BCUT2D eigenvalue weighted by Crippen LogP contribution is 2.13. The normalized spacial score (nSPS) is 11.2. The van der Waals surface area contributed by atoms with Gasteiger partial charge in [-0.05, 0) is 12.1 Å². The first-order valence-corrected chi connectivity index (χ1v) is 6.39. The van der Waals surface area contributed by atoms with E-state index in [9.17, 15) is 13.2 Å². The van der Waals surface area contributed by atoms with E-state index in [0.29, 0.717) is 0 Å². The number of aromatic carboxylic acids is 1. The summed E-state index contributed by atoms with van der Waals surface area (Å²) in [6, 6.07) is 1.90. The van der Waals surface area contributed by atoms with E-state index >= 15 is 0 Å². The summed E-state index contributed by atoms with van der Waals surface area (Å²) < 4.78 is 30.6. The number of carbonyl (C=O) groups is 1. The smallest absolute Gasteiger partial charge is 0.337 e. The number of anilines is 1. The van der Waals surface area contributed by atoms with Crippen LogP contribution in [0.15, 0.2) is 27.8 Å². The lowest BCUT2D eigenvalue weighted by Crippen LogP contribution is -2.15. The fourth-order valence-corrected chi connectivity index (χ4v) is 2.03. The van der Waals surface area contributed by atoms with E-state index < -0.39 is 16.0 Å². The summed E-state index contributed by atoms with van der Waals surface area (Å²) in [5.41, 5.74) is -0.118. The molecular formula is C9H8N4O5S. The number of nitrogens with one attached hydrogen (secondary N) is 1. The van der Waals surface area contributed by atoms with Gasteiger partial charge >= 0.3 is 12.0 Å². The Morgan fingerprint density at radius 2 is 2.11 bits per heavy atom. The quantitative estimate of drug-likeness (QED) is 0.816. The topological polar surface area (TPSA) is 135 Å². The van der Waals surface area contributed by atoms with Crippen molar-refractivity contribution in [3.63, 3.8) is 0 Å². The van der Waals surface area contributed by atoms with Crippen molar-refractivity contribution in [3.05, 3.63) is 29.8 Å². The van der Waals surface area contributed by atoms with Crippen molar-refractivity contribution in [2.75, 3.05) is 4.72 Å². The van der Waals surface area contributed by atoms with E-state index in [1.807, 2.05) is 4.72 Å². The van der Waals surface area contributed by atoms with E-state index in [-0.39, 0.29) is 22.5 Å². The zero-order valence-corrected chi connectivity index (χ0v) is 10.4. The summed E-state index contributed by atoms with van der Waals surface area (Å²) in [4.78, 5) is 14.2. The largest absolute Gasteiger partial charge is 0.478 e. The summed E-state index contributed by atoms with van der Waals surface area (Å²) in [6.07, 6.45) is 0.940. The molecule has 0 bridgehead atoms. The SMILES string of the molecule is Cc1nnc(NS(=O)(=O)c2ccc(C(=O)O)cn2)o1. The van der Waals surface area contributed by atoms with Crippen molar-refractivity contribution in [1.29, 1.82) is 0 Å². The van der Waals surface area contributed by atoms with Gasteiger partial charge in [-0.15, -0.1) is 5.10 Å². The highest BCUT2D eigenvalue weighted by Gasteiger charge is 2.19. The lowest BCUT2D eigenvalue weighted by molar-refractivity contribution is 0.0696. The van der Waals surface area contributed by atoms with Crippen molar-refractivity contribution in [3.8, 4) is 0 Å². The van der Waals surface area contributed by atoms with E-state index in [1.165, 1.54) is 6.92 Å². The molecular weight excluding hydrogens is 276 g/mol. The van der Waals surface area contributed by atoms with Crippen LogP contribution in [0.2, 0.25) is 0 Å². The Morgan fingerprint density at radius 3 is 2.58 bits per heavy atom. The molecule has 0 atom stereocenters. The average molecular weight is 284 g/mol. The highest BCUT2D eigenvalue weighted by molar-refractivity contribution is 7.92. The molecule has 2 rings (SSSR count). The number of aromatic nitrogens is 3. The third kappa shape index (κ3) is 2.85. The molecule has 9 nitrogen and oxygen atoms in total. The van der Waals surface area contributed by atoms with Crippen molar-refractivity contribution >= 4 is 22.0 Å². The van der Waals surface area contributed by atoms with E-state index in [2.05, 4.69) is 15.2 Å². The first kappa shape index (κ1) is 13.0. The first-order chi connectivity index (χ1) is 8.88. The lowest BCUT2D eigenvalue weighted by atomic mass is 10.3. The van der Waals surface area contributed by atoms with Crippen LogP contribution >= 0.6 is 0 Å². The van der Waals surface area contributed by atoms with Gasteiger partial charge < -0.3 is 9.52 Å². The molecule has 19 heavy (non-hydrogen) atoms. The first-order valence-electron chi connectivity index (χ1n) is 4.91. The maximum absolute atomic E-state index is 11.8. The summed E-state index contributed by atoms with van der Waals surface area (Å²) in [5, 5.41) is 15.3. The highest BCUT2D eigenvalue weighted by atomic mass is 32.2. The van der Waals surface area contributed by atoms with Crippen LogP contribution in [0.25, 0.3) is 0 Å². The molecule has 2 N–H and O–H groups in total. The predicted molar refractivity (Wildman–Crippen MR) is 61.0 cm³/mol. The summed E-state index contributed by atoms with van der Waals surface area (Å²) in [7, 11) is -3.99. The number of nitrogens with zero attached hydrogens (tertiary/aromatic N) is 3. The summed E-state index contributed by atoms with van der Waals surface area (Å²) >= 11 is 0. The Bertz CT molecular complexity index is 706. The molecule has 100 valence electrons. The van der Waals surface area contributed by atoms with Crippen LogP contribution in [0.5, 0.6) is 0 Å². The van der Waals surface area contributed by atoms with Crippen molar-refractivity contribution in [1.82, 2.24) is 15.2 Å². The molecule has 10 heteroatoms. The molecule has 2 aromatic rings. The molecule has 0 aromatic carbocycles. The predicted octanol–water partition coefficient (Wildman–Crippen LogP) is 0.272. The number of hydrogen-bond donors (Lipinski definition) is 2. The lowest BCUT2D eigenvalue weighted by Gasteiger charge is -2.03. The van der Waals surface area contributed by atoms with Crippen LogP contribution in [-0.4, -0.2) is 34.7 Å². The second kappa shape index (κ2) is 4.65. The van der Waals surface area contributed by atoms with Crippen molar-refractivity contribution in [2.45, 2.75) is 11.9 Å². The Kier molecular flexibility index (Phi) is 3.17. The van der Waals surface area contributed by atoms with Crippen LogP contribution in [0.1, 0.15) is 16.2 Å². The molecule has 0 aliphatic heterocycles. The van der Waals surface area contributed by atoms with Crippen LogP contribution in [0.4, 0.5) is 6.01 Å². The minimum absolute atomic E-state index is 0.118. The van der Waals surface area contributed by atoms with Gasteiger partial charge in [0.25, 0.3) is 10.0 Å². The van der Waals surface area contributed by atoms with Gasteiger partial charge in [-0.2, -0.15) is 8.42 Å². The standard InChI is InChI=1S/C9H8N4O5S/c1-5-11-12-9(18-5)13-19(16,17)7-3-2-6(4-10-7)8(14)15/h2-4H,1H3,(H,12,13)(H,14,15). The van der Waals surface area contributed by atoms with Gasteiger partial charge in [-0.25, -0.2) is 14.5 Å². The third-order valence-corrected chi connectivity index (χ3v) is 3.24. The Labute approximate surface area is 107 Å². The summed E-state index contributed by atoms with van der Waals surface area (Å²) in [5.74, 6) is -0.996. The van der Waals surface area contributed by atoms with Gasteiger partial charge in [0.15, 0.2) is 5.03 Å². The molecule has 0 spiro atoms. The molecule has 0 radical (unpaired) electrons. The number of sulfonamides is 1. The number of pyridine rings is 1. The number of carboxylic acid groups (broad SMARTS) is 1. The maximum atomic E-state index is 11.8. The van der Waals surface area contributed by atoms with E-state index in [1.54, 1.807) is 0 Å². The molecule has 0 saturated heterocycles. The van der Waals surface area contributed by atoms with Crippen LogP contribution in [-0.2, 0) is 10.0 Å². The molecule has 0 aliphatic carbocycles. The van der Waals surface area contributed by atoms with Gasteiger partial charge in [-0.3, -0.25) is 0 Å². The van der Waals surface area contributed by atoms with Crippen LogP contribution in [0.3, 0.4) is 0 Å². The van der Waals surface area contributed by atoms with E-state index in [0.717, 1.165) is 18.3 Å². The third-order valence-electron chi connectivity index (χ3n) is 2.01. The fraction of sp³-hybridized carbons (Fsp3) is 0.111. The van der Waals surface area contributed by atoms with E-state index in [4.69, 9.17) is 9.52 Å². The van der Waals surface area contributed by atoms with Gasteiger partial charge in [0.2, 0.25) is 5.89 Å². The number of hydrogen-bond acceptors (Lipinski definition) is 7. The second-order valence-electron chi connectivity index (χ2n) is 3.42. The molecule has 0 fully saturated rings. The van der Waals surface area contributed by atoms with Crippen molar-refractivity contribution in [2.24, 2.45) is 0 Å². The second-order valence-corrected chi connectivity index (χ2v) is 5.05. The zero-order chi connectivity index (χ0) is 14.0. The van der Waals surface area contributed by atoms with Crippen molar-refractivity contribution < 1.29 is 22.7 Å². The molecule has 0 saturated carbocycles. The zero-order valence-electron chi connectivity index (χ0n) is 9.56. The average Bonchev–Trinajstić information content (AvgIpc) is 2.74. The number of aryl methyl sites for hydroxylation is 1. The van der Waals surface area contributed by atoms with Crippen LogP contribution < -0.4 is 4.72 Å². The minimum Gasteiger partial charge on any atom is -0.478 e.